The summed E-state index contributed by atoms with van der Waals surface area (Å²) in [5, 5.41) is 2.81. The molecule has 1 N–H and O–H groups in total. The first kappa shape index (κ1) is 15.8. The van der Waals surface area contributed by atoms with Gasteiger partial charge in [0.25, 0.3) is 0 Å². The van der Waals surface area contributed by atoms with E-state index in [-0.39, 0.29) is 11.8 Å². The molecule has 0 aliphatic rings. The smallest absolute Gasteiger partial charge is 0.226 e. The molecule has 114 valence electrons. The molecule has 2 rings (SSSR count). The summed E-state index contributed by atoms with van der Waals surface area (Å²) in [6, 6.07) is 18.8. The highest BCUT2D eigenvalue weighted by Gasteiger charge is 2.11. The van der Waals surface area contributed by atoms with Crippen LogP contribution in [-0.2, 0) is 9.59 Å². The first-order chi connectivity index (χ1) is 10.7. The highest BCUT2D eigenvalue weighted by atomic mass is 16.2. The van der Waals surface area contributed by atoms with Crippen LogP contribution in [0.25, 0.3) is 0 Å². The number of nitrogens with zero attached hydrogens (tertiary/aromatic N) is 1. The zero-order chi connectivity index (χ0) is 15.8. The molecule has 4 heteroatoms. The Balaban J connectivity index is 1.74. The van der Waals surface area contributed by atoms with Crippen LogP contribution in [0.4, 0.5) is 11.4 Å². The average molecular weight is 296 g/mol. The Morgan fingerprint density at radius 2 is 1.50 bits per heavy atom. The SMILES string of the molecule is CN(C(=O)CCCC(=O)Nc1ccccc1)c1ccccc1. The lowest BCUT2D eigenvalue weighted by Crippen LogP contribution is -2.26. The van der Waals surface area contributed by atoms with Gasteiger partial charge in [-0.1, -0.05) is 36.4 Å². The third-order valence-corrected chi connectivity index (χ3v) is 3.37. The summed E-state index contributed by atoms with van der Waals surface area (Å²) in [7, 11) is 1.75. The molecule has 0 saturated heterocycles. The van der Waals surface area contributed by atoms with Gasteiger partial charge in [0.15, 0.2) is 0 Å². The van der Waals surface area contributed by atoms with Gasteiger partial charge >= 0.3 is 0 Å². The maximum absolute atomic E-state index is 12.1. The molecule has 2 amide bonds. The van der Waals surface area contributed by atoms with E-state index in [1.807, 2.05) is 60.7 Å². The van der Waals surface area contributed by atoms with Crippen molar-refractivity contribution in [3.63, 3.8) is 0 Å². The standard InChI is InChI=1S/C18H20N2O2/c1-20(16-11-6-3-7-12-16)18(22)14-8-13-17(21)19-15-9-4-2-5-10-15/h2-7,9-12H,8,13-14H2,1H3,(H,19,21). The van der Waals surface area contributed by atoms with Crippen LogP contribution in [0.2, 0.25) is 0 Å². The van der Waals surface area contributed by atoms with Crippen molar-refractivity contribution in [2.75, 3.05) is 17.3 Å². The second-order valence-electron chi connectivity index (χ2n) is 5.06. The van der Waals surface area contributed by atoms with Crippen LogP contribution >= 0.6 is 0 Å². The molecule has 0 atom stereocenters. The molecule has 0 aromatic heterocycles. The molecule has 22 heavy (non-hydrogen) atoms. The van der Waals surface area contributed by atoms with E-state index in [1.165, 1.54) is 0 Å². The molecule has 0 bridgehead atoms. The summed E-state index contributed by atoms with van der Waals surface area (Å²) in [6.45, 7) is 0. The zero-order valence-electron chi connectivity index (χ0n) is 12.7. The fourth-order valence-electron chi connectivity index (χ4n) is 2.11. The number of para-hydroxylation sites is 2. The molecule has 0 saturated carbocycles. The predicted octanol–water partition coefficient (Wildman–Crippen LogP) is 3.46. The van der Waals surface area contributed by atoms with Crippen LogP contribution in [-0.4, -0.2) is 18.9 Å². The van der Waals surface area contributed by atoms with E-state index in [2.05, 4.69) is 5.32 Å². The first-order valence-corrected chi connectivity index (χ1v) is 7.33. The Morgan fingerprint density at radius 1 is 0.909 bits per heavy atom. The quantitative estimate of drug-likeness (QED) is 0.887. The minimum atomic E-state index is -0.0682. The van der Waals surface area contributed by atoms with Crippen LogP contribution in [0, 0.1) is 0 Å². The molecule has 0 aliphatic heterocycles. The van der Waals surface area contributed by atoms with E-state index < -0.39 is 0 Å². The molecule has 0 fully saturated rings. The van der Waals surface area contributed by atoms with Gasteiger partial charge in [0.05, 0.1) is 0 Å². The number of anilines is 2. The minimum absolute atomic E-state index is 0.0127. The van der Waals surface area contributed by atoms with Crippen LogP contribution in [0.1, 0.15) is 19.3 Å². The molecule has 2 aromatic carbocycles. The number of benzene rings is 2. The summed E-state index contributed by atoms with van der Waals surface area (Å²) in [4.78, 5) is 25.5. The van der Waals surface area contributed by atoms with Gasteiger partial charge in [-0.3, -0.25) is 9.59 Å². The Hall–Kier alpha value is -2.62. The van der Waals surface area contributed by atoms with Crippen molar-refractivity contribution in [3.8, 4) is 0 Å². The molecule has 0 spiro atoms. The Labute approximate surface area is 130 Å². The van der Waals surface area contributed by atoms with Crippen LogP contribution < -0.4 is 10.2 Å². The lowest BCUT2D eigenvalue weighted by atomic mass is 10.2. The third-order valence-electron chi connectivity index (χ3n) is 3.37. The Kier molecular flexibility index (Phi) is 5.72. The highest BCUT2D eigenvalue weighted by Crippen LogP contribution is 2.13. The Morgan fingerprint density at radius 3 is 2.14 bits per heavy atom. The summed E-state index contributed by atoms with van der Waals surface area (Å²) in [5.41, 5.74) is 1.64. The van der Waals surface area contributed by atoms with Crippen molar-refractivity contribution in [2.45, 2.75) is 19.3 Å². The largest absolute Gasteiger partial charge is 0.326 e. The minimum Gasteiger partial charge on any atom is -0.326 e. The third kappa shape index (κ3) is 4.74. The number of carbonyl (C=O) groups excluding carboxylic acids is 2. The van der Waals surface area contributed by atoms with Crippen molar-refractivity contribution >= 4 is 23.2 Å². The topological polar surface area (TPSA) is 49.4 Å². The fraction of sp³-hybridized carbons (Fsp3) is 0.222. The van der Waals surface area contributed by atoms with E-state index in [1.54, 1.807) is 11.9 Å². The molecule has 4 nitrogen and oxygen atoms in total. The number of amides is 2. The Bertz CT molecular complexity index is 611. The lowest BCUT2D eigenvalue weighted by molar-refractivity contribution is -0.118. The fourth-order valence-corrected chi connectivity index (χ4v) is 2.11. The molecular formula is C18H20N2O2. The molecule has 2 aromatic rings. The van der Waals surface area contributed by atoms with Crippen molar-refractivity contribution in [3.05, 3.63) is 60.7 Å². The summed E-state index contributed by atoms with van der Waals surface area (Å²) >= 11 is 0. The number of rotatable bonds is 6. The van der Waals surface area contributed by atoms with E-state index in [4.69, 9.17) is 0 Å². The summed E-state index contributed by atoms with van der Waals surface area (Å²) in [6.07, 6.45) is 1.23. The van der Waals surface area contributed by atoms with Crippen molar-refractivity contribution in [1.82, 2.24) is 0 Å². The predicted molar refractivity (Wildman–Crippen MR) is 88.8 cm³/mol. The summed E-state index contributed by atoms with van der Waals surface area (Å²) < 4.78 is 0. The van der Waals surface area contributed by atoms with Gasteiger partial charge < -0.3 is 10.2 Å². The number of carbonyl (C=O) groups is 2. The van der Waals surface area contributed by atoms with E-state index in [0.29, 0.717) is 19.3 Å². The zero-order valence-corrected chi connectivity index (χ0v) is 12.7. The maximum Gasteiger partial charge on any atom is 0.226 e. The van der Waals surface area contributed by atoms with Gasteiger partial charge in [0, 0.05) is 31.3 Å². The molecular weight excluding hydrogens is 276 g/mol. The van der Waals surface area contributed by atoms with E-state index in [9.17, 15) is 9.59 Å². The highest BCUT2D eigenvalue weighted by molar-refractivity contribution is 5.94. The molecule has 0 heterocycles. The van der Waals surface area contributed by atoms with Crippen LogP contribution in [0.15, 0.2) is 60.7 Å². The number of hydrogen-bond acceptors (Lipinski definition) is 2. The molecule has 0 unspecified atom stereocenters. The van der Waals surface area contributed by atoms with Gasteiger partial charge in [0.1, 0.15) is 0 Å². The van der Waals surface area contributed by atoms with Gasteiger partial charge in [-0.15, -0.1) is 0 Å². The van der Waals surface area contributed by atoms with Gasteiger partial charge in [-0.2, -0.15) is 0 Å². The van der Waals surface area contributed by atoms with E-state index in [0.717, 1.165) is 11.4 Å². The second-order valence-corrected chi connectivity index (χ2v) is 5.06. The van der Waals surface area contributed by atoms with Crippen LogP contribution in [0.5, 0.6) is 0 Å². The van der Waals surface area contributed by atoms with Gasteiger partial charge in [-0.25, -0.2) is 0 Å². The summed E-state index contributed by atoms with van der Waals surface area (Å²) in [5.74, 6) is -0.0555. The van der Waals surface area contributed by atoms with Crippen molar-refractivity contribution in [1.29, 1.82) is 0 Å². The maximum atomic E-state index is 12.1. The normalized spacial score (nSPS) is 10.0. The number of nitrogens with one attached hydrogen (secondary N) is 1. The van der Waals surface area contributed by atoms with Crippen LogP contribution in [0.3, 0.4) is 0 Å². The van der Waals surface area contributed by atoms with Crippen molar-refractivity contribution < 1.29 is 9.59 Å². The lowest BCUT2D eigenvalue weighted by Gasteiger charge is -2.17. The monoisotopic (exact) mass is 296 g/mol. The molecule has 0 aliphatic carbocycles. The number of hydrogen-bond donors (Lipinski definition) is 1. The van der Waals surface area contributed by atoms with Crippen molar-refractivity contribution in [2.24, 2.45) is 0 Å². The molecule has 0 radical (unpaired) electrons. The van der Waals surface area contributed by atoms with Gasteiger partial charge in [-0.05, 0) is 30.7 Å². The van der Waals surface area contributed by atoms with E-state index >= 15 is 0 Å². The first-order valence-electron chi connectivity index (χ1n) is 7.33. The average Bonchev–Trinajstić information content (AvgIpc) is 2.55. The van der Waals surface area contributed by atoms with Gasteiger partial charge in [0.2, 0.25) is 11.8 Å². The second kappa shape index (κ2) is 7.98.